The monoisotopic (exact) mass is 272 g/mol. The van der Waals surface area contributed by atoms with E-state index in [1.165, 1.54) is 0 Å². The molecule has 5 nitrogen and oxygen atoms in total. The number of carbonyl (C=O) groups is 1. The third-order valence-corrected chi connectivity index (χ3v) is 3.08. The highest BCUT2D eigenvalue weighted by Crippen LogP contribution is 2.16. The second-order valence-electron chi connectivity index (χ2n) is 4.52. The Bertz CT molecular complexity index is 577. The van der Waals surface area contributed by atoms with Gasteiger partial charge in [-0.1, -0.05) is 32.0 Å². The van der Waals surface area contributed by atoms with Gasteiger partial charge in [-0.25, -0.2) is 0 Å². The molecule has 1 heterocycles. The fourth-order valence-electron chi connectivity index (χ4n) is 1.90. The lowest BCUT2D eigenvalue weighted by Gasteiger charge is -2.10. The number of nitrogens with one attached hydrogen (secondary N) is 3. The summed E-state index contributed by atoms with van der Waals surface area (Å²) in [5, 5.41) is 13.0. The molecule has 2 aromatic rings. The topological polar surface area (TPSA) is 69.8 Å². The van der Waals surface area contributed by atoms with Crippen LogP contribution < -0.4 is 10.6 Å². The minimum atomic E-state index is -0.190. The van der Waals surface area contributed by atoms with Crippen LogP contribution in [0.3, 0.4) is 0 Å². The Hall–Kier alpha value is -2.14. The average molecular weight is 272 g/mol. The zero-order chi connectivity index (χ0) is 14.4. The van der Waals surface area contributed by atoms with E-state index in [9.17, 15) is 4.79 Å². The highest BCUT2D eigenvalue weighted by Gasteiger charge is 2.11. The number of para-hydroxylation sites is 1. The maximum atomic E-state index is 12.2. The van der Waals surface area contributed by atoms with Crippen molar-refractivity contribution < 1.29 is 4.79 Å². The molecule has 0 unspecified atom stereocenters. The summed E-state index contributed by atoms with van der Waals surface area (Å²) in [6.07, 6.45) is 0.831. The van der Waals surface area contributed by atoms with Gasteiger partial charge in [0, 0.05) is 17.9 Å². The number of benzene rings is 1. The highest BCUT2D eigenvalue weighted by atomic mass is 16.1. The molecule has 3 N–H and O–H groups in total. The normalized spacial score (nSPS) is 10.5. The number of hydrogen-bond acceptors (Lipinski definition) is 3. The van der Waals surface area contributed by atoms with Gasteiger partial charge in [0.1, 0.15) is 0 Å². The van der Waals surface area contributed by atoms with Crippen LogP contribution in [0.15, 0.2) is 30.3 Å². The van der Waals surface area contributed by atoms with Gasteiger partial charge in [-0.05, 0) is 30.7 Å². The Morgan fingerprint density at radius 3 is 2.80 bits per heavy atom. The summed E-state index contributed by atoms with van der Waals surface area (Å²) in [6, 6.07) is 9.56. The summed E-state index contributed by atoms with van der Waals surface area (Å²) in [6.45, 7) is 5.69. The molecule has 5 heteroatoms. The molecule has 0 aliphatic carbocycles. The van der Waals surface area contributed by atoms with E-state index in [-0.39, 0.29) is 5.91 Å². The molecule has 1 aromatic heterocycles. The molecule has 0 aliphatic heterocycles. The molecule has 0 fully saturated rings. The number of rotatable bonds is 6. The Balaban J connectivity index is 2.10. The van der Waals surface area contributed by atoms with Crippen LogP contribution in [0.4, 0.5) is 5.69 Å². The van der Waals surface area contributed by atoms with Gasteiger partial charge in [-0.3, -0.25) is 9.89 Å². The largest absolute Gasteiger partial charge is 0.320 e. The molecule has 1 aromatic carbocycles. The minimum Gasteiger partial charge on any atom is -0.320 e. The molecule has 20 heavy (non-hydrogen) atoms. The lowest BCUT2D eigenvalue weighted by Crippen LogP contribution is -2.17. The van der Waals surface area contributed by atoms with Crippen LogP contribution in [0.2, 0.25) is 0 Å². The van der Waals surface area contributed by atoms with Crippen LogP contribution >= 0.6 is 0 Å². The van der Waals surface area contributed by atoms with Crippen molar-refractivity contribution in [3.05, 3.63) is 47.3 Å². The molecule has 0 atom stereocenters. The fraction of sp³-hybridized carbons (Fsp3) is 0.333. The van der Waals surface area contributed by atoms with E-state index < -0.39 is 0 Å². The first-order valence-corrected chi connectivity index (χ1v) is 6.88. The highest BCUT2D eigenvalue weighted by molar-refractivity contribution is 6.03. The lowest BCUT2D eigenvalue weighted by molar-refractivity contribution is 0.102. The summed E-state index contributed by atoms with van der Waals surface area (Å²) < 4.78 is 0. The molecule has 0 aliphatic rings. The van der Waals surface area contributed by atoms with Crippen LogP contribution in [0.25, 0.3) is 0 Å². The van der Waals surface area contributed by atoms with Gasteiger partial charge < -0.3 is 10.6 Å². The zero-order valence-electron chi connectivity index (χ0n) is 11.9. The van der Waals surface area contributed by atoms with Gasteiger partial charge in [0.2, 0.25) is 0 Å². The first-order chi connectivity index (χ1) is 9.74. The number of amides is 1. The standard InChI is InChI=1S/C15H20N4O/c1-3-12-9-14(19-18-12)15(20)17-13-8-6-5-7-11(13)10-16-4-2/h5-9,16H,3-4,10H2,1-2H3,(H,17,20)(H,18,19). The second-order valence-corrected chi connectivity index (χ2v) is 4.52. The number of H-pyrrole nitrogens is 1. The van der Waals surface area contributed by atoms with E-state index in [0.29, 0.717) is 5.69 Å². The van der Waals surface area contributed by atoms with Gasteiger partial charge in [-0.2, -0.15) is 5.10 Å². The first kappa shape index (κ1) is 14.3. The van der Waals surface area contributed by atoms with Crippen LogP contribution in [-0.2, 0) is 13.0 Å². The van der Waals surface area contributed by atoms with Crippen molar-refractivity contribution >= 4 is 11.6 Å². The van der Waals surface area contributed by atoms with Crippen LogP contribution in [0.1, 0.15) is 35.6 Å². The number of aromatic amines is 1. The summed E-state index contributed by atoms with van der Waals surface area (Å²) >= 11 is 0. The molecule has 0 bridgehead atoms. The molecule has 0 radical (unpaired) electrons. The number of aryl methyl sites for hydroxylation is 1. The van der Waals surface area contributed by atoms with Crippen LogP contribution in [-0.4, -0.2) is 22.6 Å². The third-order valence-electron chi connectivity index (χ3n) is 3.08. The Kier molecular flexibility index (Phi) is 4.90. The summed E-state index contributed by atoms with van der Waals surface area (Å²) in [5.41, 5.74) is 3.25. The summed E-state index contributed by atoms with van der Waals surface area (Å²) in [7, 11) is 0. The predicted octanol–water partition coefficient (Wildman–Crippen LogP) is 2.33. The number of aromatic nitrogens is 2. The molecule has 0 saturated heterocycles. The van der Waals surface area contributed by atoms with Crippen molar-refractivity contribution in [2.45, 2.75) is 26.8 Å². The maximum absolute atomic E-state index is 12.2. The molecule has 1 amide bonds. The number of hydrogen-bond donors (Lipinski definition) is 3. The van der Waals surface area contributed by atoms with Gasteiger partial charge in [0.05, 0.1) is 0 Å². The Morgan fingerprint density at radius 2 is 2.10 bits per heavy atom. The summed E-state index contributed by atoms with van der Waals surface area (Å²) in [5.74, 6) is -0.190. The van der Waals surface area contributed by atoms with E-state index in [0.717, 1.165) is 36.5 Å². The van der Waals surface area contributed by atoms with E-state index in [1.807, 2.05) is 31.2 Å². The quantitative estimate of drug-likeness (QED) is 0.756. The molecule has 0 saturated carbocycles. The smallest absolute Gasteiger partial charge is 0.276 e. The van der Waals surface area contributed by atoms with Gasteiger partial charge in [0.25, 0.3) is 5.91 Å². The molecular weight excluding hydrogens is 252 g/mol. The van der Waals surface area contributed by atoms with Gasteiger partial charge in [0.15, 0.2) is 5.69 Å². The van der Waals surface area contributed by atoms with Crippen LogP contribution in [0, 0.1) is 0 Å². The van der Waals surface area contributed by atoms with E-state index in [4.69, 9.17) is 0 Å². The third kappa shape index (κ3) is 3.45. The van der Waals surface area contributed by atoms with Crippen molar-refractivity contribution in [3.8, 4) is 0 Å². The van der Waals surface area contributed by atoms with Gasteiger partial charge in [-0.15, -0.1) is 0 Å². The van der Waals surface area contributed by atoms with Gasteiger partial charge >= 0.3 is 0 Å². The minimum absolute atomic E-state index is 0.190. The first-order valence-electron chi connectivity index (χ1n) is 6.88. The Labute approximate surface area is 118 Å². The predicted molar refractivity (Wildman–Crippen MR) is 79.7 cm³/mol. The SMILES string of the molecule is CCNCc1ccccc1NC(=O)c1cc(CC)[nH]n1. The number of anilines is 1. The molecular formula is C15H20N4O. The molecule has 0 spiro atoms. The van der Waals surface area contributed by atoms with Crippen molar-refractivity contribution in [1.82, 2.24) is 15.5 Å². The maximum Gasteiger partial charge on any atom is 0.276 e. The van der Waals surface area contributed by atoms with E-state index >= 15 is 0 Å². The number of carbonyl (C=O) groups excluding carboxylic acids is 1. The van der Waals surface area contributed by atoms with E-state index in [2.05, 4.69) is 27.8 Å². The summed E-state index contributed by atoms with van der Waals surface area (Å²) in [4.78, 5) is 12.2. The second kappa shape index (κ2) is 6.86. The molecule has 2 rings (SSSR count). The zero-order valence-corrected chi connectivity index (χ0v) is 11.9. The lowest BCUT2D eigenvalue weighted by atomic mass is 10.1. The Morgan fingerprint density at radius 1 is 1.30 bits per heavy atom. The average Bonchev–Trinajstić information content (AvgIpc) is 2.95. The van der Waals surface area contributed by atoms with Crippen molar-refractivity contribution in [2.24, 2.45) is 0 Å². The van der Waals surface area contributed by atoms with Crippen molar-refractivity contribution in [2.75, 3.05) is 11.9 Å². The number of nitrogens with zero attached hydrogens (tertiary/aromatic N) is 1. The van der Waals surface area contributed by atoms with Crippen molar-refractivity contribution in [3.63, 3.8) is 0 Å². The van der Waals surface area contributed by atoms with E-state index in [1.54, 1.807) is 6.07 Å². The van der Waals surface area contributed by atoms with Crippen LogP contribution in [0.5, 0.6) is 0 Å². The fourth-order valence-corrected chi connectivity index (χ4v) is 1.90. The molecule has 106 valence electrons. The van der Waals surface area contributed by atoms with Crippen molar-refractivity contribution in [1.29, 1.82) is 0 Å².